The van der Waals surface area contributed by atoms with E-state index in [-0.39, 0.29) is 11.8 Å². The summed E-state index contributed by atoms with van der Waals surface area (Å²) in [5, 5.41) is 2.76. The third-order valence-corrected chi connectivity index (χ3v) is 4.09. The lowest BCUT2D eigenvalue weighted by atomic mass is 10.2. The van der Waals surface area contributed by atoms with E-state index in [0.29, 0.717) is 31.8 Å². The van der Waals surface area contributed by atoms with Crippen molar-refractivity contribution in [3.05, 3.63) is 24.4 Å². The van der Waals surface area contributed by atoms with E-state index in [1.807, 2.05) is 29.4 Å². The topological polar surface area (TPSA) is 65.5 Å². The van der Waals surface area contributed by atoms with E-state index in [2.05, 4.69) is 15.2 Å². The fraction of sp³-hybridized carbons (Fsp3) is 0.533. The number of hydrogen-bond donors (Lipinski definition) is 1. The zero-order valence-electron chi connectivity index (χ0n) is 12.8. The van der Waals surface area contributed by atoms with Gasteiger partial charge in [-0.2, -0.15) is 11.8 Å². The lowest BCUT2D eigenvalue weighted by Gasteiger charge is -2.35. The van der Waals surface area contributed by atoms with Crippen LogP contribution in [0.15, 0.2) is 24.4 Å². The Morgan fingerprint density at radius 1 is 1.27 bits per heavy atom. The zero-order valence-corrected chi connectivity index (χ0v) is 13.6. The molecule has 1 saturated heterocycles. The van der Waals surface area contributed by atoms with Gasteiger partial charge < -0.3 is 15.1 Å². The van der Waals surface area contributed by atoms with Gasteiger partial charge in [-0.15, -0.1) is 0 Å². The van der Waals surface area contributed by atoms with Gasteiger partial charge in [0.2, 0.25) is 11.8 Å². The molecule has 1 aliphatic heterocycles. The lowest BCUT2D eigenvalue weighted by Crippen LogP contribution is -2.49. The van der Waals surface area contributed by atoms with Gasteiger partial charge >= 0.3 is 0 Å². The van der Waals surface area contributed by atoms with Crippen LogP contribution in [0.3, 0.4) is 0 Å². The van der Waals surface area contributed by atoms with Crippen LogP contribution in [0.25, 0.3) is 0 Å². The summed E-state index contributed by atoms with van der Waals surface area (Å²) >= 11 is 1.48. The van der Waals surface area contributed by atoms with Crippen LogP contribution in [0.4, 0.5) is 5.82 Å². The number of thioether (sulfide) groups is 1. The second kappa shape index (κ2) is 8.63. The molecule has 6 nitrogen and oxygen atoms in total. The first kappa shape index (κ1) is 16.6. The molecule has 22 heavy (non-hydrogen) atoms. The summed E-state index contributed by atoms with van der Waals surface area (Å²) in [5.41, 5.74) is 0. The molecule has 0 aromatic carbocycles. The van der Waals surface area contributed by atoms with Crippen molar-refractivity contribution < 1.29 is 9.59 Å². The third kappa shape index (κ3) is 4.91. The Bertz CT molecular complexity index is 490. The van der Waals surface area contributed by atoms with Crippen molar-refractivity contribution in [2.45, 2.75) is 6.42 Å². The van der Waals surface area contributed by atoms with E-state index < -0.39 is 0 Å². The van der Waals surface area contributed by atoms with E-state index in [1.165, 1.54) is 11.8 Å². The molecule has 1 aliphatic rings. The highest BCUT2D eigenvalue weighted by molar-refractivity contribution is 7.99. The molecule has 2 heterocycles. The Morgan fingerprint density at radius 3 is 2.68 bits per heavy atom. The zero-order chi connectivity index (χ0) is 15.8. The Balaban J connectivity index is 1.70. The number of anilines is 1. The number of pyridine rings is 1. The molecule has 0 radical (unpaired) electrons. The van der Waals surface area contributed by atoms with Gasteiger partial charge in [0.05, 0.1) is 5.75 Å². The molecule has 2 rings (SSSR count). The van der Waals surface area contributed by atoms with Gasteiger partial charge in [0.25, 0.3) is 0 Å². The molecule has 0 unspecified atom stereocenters. The quantitative estimate of drug-likeness (QED) is 0.831. The number of nitrogens with zero attached hydrogens (tertiary/aromatic N) is 3. The van der Waals surface area contributed by atoms with Crippen molar-refractivity contribution >= 4 is 29.4 Å². The van der Waals surface area contributed by atoms with Gasteiger partial charge in [0.15, 0.2) is 0 Å². The van der Waals surface area contributed by atoms with E-state index in [1.54, 1.807) is 6.20 Å². The van der Waals surface area contributed by atoms with Gasteiger partial charge in [0, 0.05) is 45.3 Å². The number of carbonyl (C=O) groups is 2. The monoisotopic (exact) mass is 322 g/mol. The minimum atomic E-state index is -0.0136. The van der Waals surface area contributed by atoms with Crippen LogP contribution >= 0.6 is 11.8 Å². The summed E-state index contributed by atoms with van der Waals surface area (Å²) in [6.07, 6.45) is 4.03. The number of hydrogen-bond acceptors (Lipinski definition) is 5. The summed E-state index contributed by atoms with van der Waals surface area (Å²) < 4.78 is 0. The van der Waals surface area contributed by atoms with Gasteiger partial charge in [-0.3, -0.25) is 9.59 Å². The Hall–Kier alpha value is -1.76. The second-order valence-corrected chi connectivity index (χ2v) is 5.95. The molecule has 0 saturated carbocycles. The number of rotatable bonds is 6. The summed E-state index contributed by atoms with van der Waals surface area (Å²) in [6.45, 7) is 3.41. The summed E-state index contributed by atoms with van der Waals surface area (Å²) in [7, 11) is 0. The highest BCUT2D eigenvalue weighted by Gasteiger charge is 2.21. The van der Waals surface area contributed by atoms with Gasteiger partial charge in [-0.05, 0) is 18.4 Å². The van der Waals surface area contributed by atoms with Crippen molar-refractivity contribution in [3.63, 3.8) is 0 Å². The average Bonchev–Trinajstić information content (AvgIpc) is 2.56. The van der Waals surface area contributed by atoms with Crippen molar-refractivity contribution in [2.75, 3.05) is 49.6 Å². The lowest BCUT2D eigenvalue weighted by molar-refractivity contribution is -0.131. The molecule has 1 aromatic heterocycles. The molecular weight excluding hydrogens is 300 g/mol. The smallest absolute Gasteiger partial charge is 0.229 e. The van der Waals surface area contributed by atoms with Crippen molar-refractivity contribution in [1.29, 1.82) is 0 Å². The van der Waals surface area contributed by atoms with E-state index in [9.17, 15) is 9.59 Å². The summed E-state index contributed by atoms with van der Waals surface area (Å²) in [5.74, 6) is 1.49. The number of amides is 2. The average molecular weight is 322 g/mol. The normalized spacial score (nSPS) is 14.8. The van der Waals surface area contributed by atoms with Gasteiger partial charge in [-0.25, -0.2) is 4.98 Å². The standard InChI is InChI=1S/C15H22N4O2S/c1-22-12-14(20)17-7-5-15(21)19-10-8-18(9-11-19)13-4-2-3-6-16-13/h2-4,6H,5,7-12H2,1H3,(H,17,20). The van der Waals surface area contributed by atoms with Crippen LogP contribution in [-0.2, 0) is 9.59 Å². The van der Waals surface area contributed by atoms with Crippen LogP contribution in [-0.4, -0.2) is 66.4 Å². The molecular formula is C15H22N4O2S. The van der Waals surface area contributed by atoms with Crippen LogP contribution < -0.4 is 10.2 Å². The molecule has 1 N–H and O–H groups in total. The van der Waals surface area contributed by atoms with E-state index in [0.717, 1.165) is 18.9 Å². The number of aromatic nitrogens is 1. The summed E-state index contributed by atoms with van der Waals surface area (Å²) in [4.78, 5) is 31.8. The first-order valence-electron chi connectivity index (χ1n) is 7.40. The molecule has 7 heteroatoms. The van der Waals surface area contributed by atoms with Crippen LogP contribution in [0.1, 0.15) is 6.42 Å². The van der Waals surface area contributed by atoms with E-state index >= 15 is 0 Å². The van der Waals surface area contributed by atoms with Crippen molar-refractivity contribution in [1.82, 2.24) is 15.2 Å². The predicted molar refractivity (Wildman–Crippen MR) is 89.0 cm³/mol. The maximum atomic E-state index is 12.1. The fourth-order valence-electron chi connectivity index (χ4n) is 2.37. The summed E-state index contributed by atoms with van der Waals surface area (Å²) in [6, 6.07) is 5.85. The van der Waals surface area contributed by atoms with Gasteiger partial charge in [-0.1, -0.05) is 6.07 Å². The molecule has 0 spiro atoms. The van der Waals surface area contributed by atoms with Crippen LogP contribution in [0.2, 0.25) is 0 Å². The number of piperazine rings is 1. The van der Waals surface area contributed by atoms with Crippen LogP contribution in [0.5, 0.6) is 0 Å². The molecule has 0 bridgehead atoms. The molecule has 0 atom stereocenters. The predicted octanol–water partition coefficient (Wildman–Crippen LogP) is 0.599. The maximum absolute atomic E-state index is 12.1. The minimum absolute atomic E-state index is 0.0136. The Labute approximate surface area is 135 Å². The first-order chi connectivity index (χ1) is 10.7. The highest BCUT2D eigenvalue weighted by atomic mass is 32.2. The number of carbonyl (C=O) groups excluding carboxylic acids is 2. The SMILES string of the molecule is CSCC(=O)NCCC(=O)N1CCN(c2ccccn2)CC1. The molecule has 2 amide bonds. The molecule has 1 aromatic rings. The maximum Gasteiger partial charge on any atom is 0.229 e. The van der Waals surface area contributed by atoms with Crippen molar-refractivity contribution in [3.8, 4) is 0 Å². The highest BCUT2D eigenvalue weighted by Crippen LogP contribution is 2.12. The molecule has 0 aliphatic carbocycles. The second-order valence-electron chi connectivity index (χ2n) is 5.09. The van der Waals surface area contributed by atoms with Crippen LogP contribution in [0, 0.1) is 0 Å². The van der Waals surface area contributed by atoms with Crippen molar-refractivity contribution in [2.24, 2.45) is 0 Å². The number of nitrogens with one attached hydrogen (secondary N) is 1. The minimum Gasteiger partial charge on any atom is -0.355 e. The fourth-order valence-corrected chi connectivity index (χ4v) is 2.74. The largest absolute Gasteiger partial charge is 0.355 e. The molecule has 1 fully saturated rings. The molecule has 120 valence electrons. The Morgan fingerprint density at radius 2 is 2.05 bits per heavy atom. The Kier molecular flexibility index (Phi) is 6.51. The van der Waals surface area contributed by atoms with E-state index in [4.69, 9.17) is 0 Å². The van der Waals surface area contributed by atoms with Gasteiger partial charge in [0.1, 0.15) is 5.82 Å². The first-order valence-corrected chi connectivity index (χ1v) is 8.79. The third-order valence-electron chi connectivity index (χ3n) is 3.54.